The average molecular weight is 195 g/mol. The van der Waals surface area contributed by atoms with Crippen molar-refractivity contribution >= 4 is 0 Å². The maximum absolute atomic E-state index is 2.60. The van der Waals surface area contributed by atoms with E-state index in [9.17, 15) is 0 Å². The van der Waals surface area contributed by atoms with Crippen LogP contribution < -0.4 is 0 Å². The van der Waals surface area contributed by atoms with E-state index in [2.05, 4.69) is 13.3 Å². The standard InChI is InChI=1S/C14H27/c1-2-3-4-5-6-7-8-11-14-12-9-10-13-14/h11,14H,2-10,12-13H2,1H3. The van der Waals surface area contributed by atoms with Crippen molar-refractivity contribution in [3.05, 3.63) is 6.42 Å². The fourth-order valence-corrected chi connectivity index (χ4v) is 2.47. The van der Waals surface area contributed by atoms with Crippen molar-refractivity contribution in [2.24, 2.45) is 5.92 Å². The lowest BCUT2D eigenvalue weighted by Crippen LogP contribution is -1.93. The molecule has 0 unspecified atom stereocenters. The molecule has 1 fully saturated rings. The average Bonchev–Trinajstić information content (AvgIpc) is 2.69. The van der Waals surface area contributed by atoms with Crippen molar-refractivity contribution in [1.29, 1.82) is 0 Å². The normalized spacial score (nSPS) is 17.8. The van der Waals surface area contributed by atoms with E-state index in [4.69, 9.17) is 0 Å². The largest absolute Gasteiger partial charge is 0.0654 e. The first kappa shape index (κ1) is 12.1. The van der Waals surface area contributed by atoms with Crippen LogP contribution in [0.3, 0.4) is 0 Å². The van der Waals surface area contributed by atoms with Crippen LogP contribution in [0.2, 0.25) is 0 Å². The Morgan fingerprint density at radius 2 is 1.57 bits per heavy atom. The molecule has 0 saturated heterocycles. The summed E-state index contributed by atoms with van der Waals surface area (Å²) in [7, 11) is 0. The summed E-state index contributed by atoms with van der Waals surface area (Å²) in [6.45, 7) is 2.29. The molecule has 0 N–H and O–H groups in total. The highest BCUT2D eigenvalue weighted by Crippen LogP contribution is 2.28. The number of unbranched alkanes of at least 4 members (excludes halogenated alkanes) is 6. The third-order valence-electron chi connectivity index (χ3n) is 3.46. The van der Waals surface area contributed by atoms with E-state index < -0.39 is 0 Å². The molecule has 0 aromatic carbocycles. The number of hydrogen-bond acceptors (Lipinski definition) is 0. The Morgan fingerprint density at radius 1 is 0.929 bits per heavy atom. The second-order valence-corrected chi connectivity index (χ2v) is 4.84. The molecule has 0 spiro atoms. The van der Waals surface area contributed by atoms with Crippen molar-refractivity contribution in [3.8, 4) is 0 Å². The van der Waals surface area contributed by atoms with Crippen LogP contribution in [-0.4, -0.2) is 0 Å². The Labute approximate surface area is 90.5 Å². The smallest absolute Gasteiger partial charge is 0.0355 e. The maximum Gasteiger partial charge on any atom is -0.0355 e. The van der Waals surface area contributed by atoms with Gasteiger partial charge in [0.25, 0.3) is 0 Å². The van der Waals surface area contributed by atoms with Crippen LogP contribution in [0, 0.1) is 12.3 Å². The van der Waals surface area contributed by atoms with Gasteiger partial charge in [0, 0.05) is 0 Å². The van der Waals surface area contributed by atoms with Gasteiger partial charge in [0.15, 0.2) is 0 Å². The van der Waals surface area contributed by atoms with Crippen molar-refractivity contribution in [1.82, 2.24) is 0 Å². The van der Waals surface area contributed by atoms with Gasteiger partial charge in [-0.25, -0.2) is 0 Å². The first-order chi connectivity index (χ1) is 6.93. The molecule has 0 aliphatic heterocycles. The summed E-state index contributed by atoms with van der Waals surface area (Å²) >= 11 is 0. The van der Waals surface area contributed by atoms with E-state index in [1.54, 1.807) is 0 Å². The van der Waals surface area contributed by atoms with E-state index in [-0.39, 0.29) is 0 Å². The lowest BCUT2D eigenvalue weighted by atomic mass is 9.99. The van der Waals surface area contributed by atoms with Gasteiger partial charge in [-0.15, -0.1) is 0 Å². The molecule has 0 heteroatoms. The third kappa shape index (κ3) is 5.67. The number of rotatable bonds is 8. The summed E-state index contributed by atoms with van der Waals surface area (Å²) in [5.41, 5.74) is 0. The van der Waals surface area contributed by atoms with Crippen LogP contribution in [0.1, 0.15) is 77.6 Å². The summed E-state index contributed by atoms with van der Waals surface area (Å²) in [6.07, 6.45) is 18.6. The van der Waals surface area contributed by atoms with E-state index in [1.165, 1.54) is 70.6 Å². The summed E-state index contributed by atoms with van der Waals surface area (Å²) in [5.74, 6) is 0.991. The quantitative estimate of drug-likeness (QED) is 0.471. The zero-order valence-electron chi connectivity index (χ0n) is 9.93. The monoisotopic (exact) mass is 195 g/mol. The van der Waals surface area contributed by atoms with Crippen LogP contribution >= 0.6 is 0 Å². The Hall–Kier alpha value is 0. The van der Waals surface area contributed by atoms with Crippen molar-refractivity contribution in [2.75, 3.05) is 0 Å². The Bertz CT molecular complexity index is 111. The highest BCUT2D eigenvalue weighted by Gasteiger charge is 2.13. The summed E-state index contributed by atoms with van der Waals surface area (Å²) in [4.78, 5) is 0. The van der Waals surface area contributed by atoms with Gasteiger partial charge >= 0.3 is 0 Å². The predicted octanol–water partition coefficient (Wildman–Crippen LogP) is 5.13. The van der Waals surface area contributed by atoms with Crippen LogP contribution in [0.4, 0.5) is 0 Å². The lowest BCUT2D eigenvalue weighted by molar-refractivity contribution is 0.558. The fourth-order valence-electron chi connectivity index (χ4n) is 2.47. The highest BCUT2D eigenvalue weighted by atomic mass is 14.2. The van der Waals surface area contributed by atoms with Gasteiger partial charge in [-0.1, -0.05) is 71.1 Å². The summed E-state index contributed by atoms with van der Waals surface area (Å²) in [6, 6.07) is 0. The molecule has 1 rings (SSSR count). The molecule has 0 amide bonds. The zero-order chi connectivity index (χ0) is 10.1. The topological polar surface area (TPSA) is 0 Å². The van der Waals surface area contributed by atoms with Crippen molar-refractivity contribution in [2.45, 2.75) is 77.6 Å². The molecule has 1 aliphatic carbocycles. The molecule has 0 heterocycles. The Kier molecular flexibility index (Phi) is 7.17. The molecule has 14 heavy (non-hydrogen) atoms. The highest BCUT2D eigenvalue weighted by molar-refractivity contribution is 4.80. The fraction of sp³-hybridized carbons (Fsp3) is 0.929. The minimum absolute atomic E-state index is 0.991. The van der Waals surface area contributed by atoms with Gasteiger partial charge in [-0.3, -0.25) is 0 Å². The molecule has 1 radical (unpaired) electrons. The van der Waals surface area contributed by atoms with Crippen molar-refractivity contribution in [3.63, 3.8) is 0 Å². The van der Waals surface area contributed by atoms with Gasteiger partial charge < -0.3 is 0 Å². The van der Waals surface area contributed by atoms with Gasteiger partial charge in [-0.05, 0) is 18.8 Å². The van der Waals surface area contributed by atoms with Crippen LogP contribution in [0.15, 0.2) is 0 Å². The molecule has 0 aromatic rings. The van der Waals surface area contributed by atoms with Crippen LogP contribution in [0.25, 0.3) is 0 Å². The third-order valence-corrected chi connectivity index (χ3v) is 3.46. The lowest BCUT2D eigenvalue weighted by Gasteiger charge is -2.07. The minimum Gasteiger partial charge on any atom is -0.0654 e. The summed E-state index contributed by atoms with van der Waals surface area (Å²) < 4.78 is 0. The predicted molar refractivity (Wildman–Crippen MR) is 64.3 cm³/mol. The minimum atomic E-state index is 0.991. The first-order valence-corrected chi connectivity index (χ1v) is 6.77. The first-order valence-electron chi connectivity index (χ1n) is 6.77. The van der Waals surface area contributed by atoms with Gasteiger partial charge in [0.2, 0.25) is 0 Å². The van der Waals surface area contributed by atoms with E-state index >= 15 is 0 Å². The molecule has 1 aliphatic rings. The zero-order valence-corrected chi connectivity index (χ0v) is 9.93. The molecule has 0 bridgehead atoms. The van der Waals surface area contributed by atoms with E-state index in [1.807, 2.05) is 0 Å². The van der Waals surface area contributed by atoms with E-state index in [0.29, 0.717) is 0 Å². The van der Waals surface area contributed by atoms with Crippen LogP contribution in [0.5, 0.6) is 0 Å². The molecule has 1 saturated carbocycles. The summed E-state index contributed by atoms with van der Waals surface area (Å²) in [5, 5.41) is 0. The molecular weight excluding hydrogens is 168 g/mol. The van der Waals surface area contributed by atoms with Gasteiger partial charge in [-0.2, -0.15) is 0 Å². The van der Waals surface area contributed by atoms with E-state index in [0.717, 1.165) is 5.92 Å². The molecular formula is C14H27. The second kappa shape index (κ2) is 8.32. The SMILES string of the molecule is CCCCCCCC[CH]C1CCCC1. The second-order valence-electron chi connectivity index (χ2n) is 4.84. The molecule has 0 atom stereocenters. The molecule has 83 valence electrons. The van der Waals surface area contributed by atoms with Crippen molar-refractivity contribution < 1.29 is 0 Å². The number of hydrogen-bond donors (Lipinski definition) is 0. The molecule has 0 aromatic heterocycles. The Balaban J connectivity index is 1.75. The van der Waals surface area contributed by atoms with Crippen LogP contribution in [-0.2, 0) is 0 Å². The molecule has 0 nitrogen and oxygen atoms in total. The van der Waals surface area contributed by atoms with Gasteiger partial charge in [0.05, 0.1) is 0 Å². The Morgan fingerprint density at radius 3 is 2.29 bits per heavy atom. The maximum atomic E-state index is 2.60. The van der Waals surface area contributed by atoms with Gasteiger partial charge in [0.1, 0.15) is 0 Å².